The lowest BCUT2D eigenvalue weighted by molar-refractivity contribution is 0.0816. The first kappa shape index (κ1) is 7.92. The van der Waals surface area contributed by atoms with E-state index in [2.05, 4.69) is 18.7 Å². The van der Waals surface area contributed by atoms with Crippen molar-refractivity contribution in [3.05, 3.63) is 0 Å². The van der Waals surface area contributed by atoms with Crippen molar-refractivity contribution in [3.8, 4) is 0 Å². The average Bonchev–Trinajstić information content (AvgIpc) is 1.83. The average molecular weight is 115 g/mol. The molecule has 0 aliphatic rings. The summed E-state index contributed by atoms with van der Waals surface area (Å²) in [6, 6.07) is 0. The quantitative estimate of drug-likeness (QED) is 0.510. The predicted octanol–water partition coefficient (Wildman–Crippen LogP) is 1.42. The Morgan fingerprint density at radius 2 is 1.88 bits per heavy atom. The van der Waals surface area contributed by atoms with Gasteiger partial charge in [-0.2, -0.15) is 0 Å². The molecule has 0 unspecified atom stereocenters. The molecule has 0 aliphatic carbocycles. The maximum Gasteiger partial charge on any atom is 0.0747 e. The minimum atomic E-state index is 0.479. The van der Waals surface area contributed by atoms with E-state index in [1.54, 1.807) is 0 Å². The number of hydrogen-bond acceptors (Lipinski definition) is 1. The van der Waals surface area contributed by atoms with Crippen LogP contribution in [0.3, 0.4) is 0 Å². The van der Waals surface area contributed by atoms with Gasteiger partial charge < -0.3 is 0 Å². The van der Waals surface area contributed by atoms with Gasteiger partial charge in [-0.05, 0) is 5.92 Å². The van der Waals surface area contributed by atoms with Crippen LogP contribution in [0.15, 0.2) is 0 Å². The van der Waals surface area contributed by atoms with E-state index in [1.165, 1.54) is 0 Å². The maximum absolute atomic E-state index is 8.00. The van der Waals surface area contributed by atoms with Gasteiger partial charge in [-0.25, -0.2) is 0 Å². The zero-order valence-electron chi connectivity index (χ0n) is 5.55. The number of hydrogen-bond donors (Lipinski definition) is 0. The topological polar surface area (TPSA) is 31.5 Å². The molecule has 0 aliphatic heterocycles. The third kappa shape index (κ3) is 2.99. The van der Waals surface area contributed by atoms with Crippen LogP contribution in [0.1, 0.15) is 26.7 Å². The van der Waals surface area contributed by atoms with Crippen LogP contribution in [0.5, 0.6) is 0 Å². The Hall–Kier alpha value is -0.0800. The highest BCUT2D eigenvalue weighted by Crippen LogP contribution is 2.05. The standard InChI is InChI=1S/C6H13NO/c1-3-6(4-2)5-8-7/h6H,3-5H2,1-2H3. The van der Waals surface area contributed by atoms with E-state index in [4.69, 9.17) is 5.90 Å². The minimum Gasteiger partial charge on any atom is -0.263 e. The van der Waals surface area contributed by atoms with E-state index in [-0.39, 0.29) is 0 Å². The van der Waals surface area contributed by atoms with Gasteiger partial charge >= 0.3 is 0 Å². The molecule has 0 fully saturated rings. The van der Waals surface area contributed by atoms with E-state index in [1.807, 2.05) is 0 Å². The summed E-state index contributed by atoms with van der Waals surface area (Å²) in [6.45, 7) is 4.66. The van der Waals surface area contributed by atoms with Gasteiger partial charge in [0.05, 0.1) is 6.61 Å². The Morgan fingerprint density at radius 3 is 2.00 bits per heavy atom. The van der Waals surface area contributed by atoms with E-state index >= 15 is 0 Å². The molecule has 0 atom stereocenters. The third-order valence-electron chi connectivity index (χ3n) is 1.46. The molecule has 2 radical (unpaired) electrons. The lowest BCUT2D eigenvalue weighted by Crippen LogP contribution is -2.05. The second-order valence-corrected chi connectivity index (χ2v) is 1.98. The second kappa shape index (κ2) is 5.06. The minimum absolute atomic E-state index is 0.479. The summed E-state index contributed by atoms with van der Waals surface area (Å²) >= 11 is 0. The van der Waals surface area contributed by atoms with E-state index in [0.717, 1.165) is 12.8 Å². The predicted molar refractivity (Wildman–Crippen MR) is 32.2 cm³/mol. The van der Waals surface area contributed by atoms with Gasteiger partial charge in [0.2, 0.25) is 0 Å². The van der Waals surface area contributed by atoms with Crippen molar-refractivity contribution in [2.45, 2.75) is 26.7 Å². The molecule has 0 rings (SSSR count). The smallest absolute Gasteiger partial charge is 0.0747 e. The molecule has 2 heteroatoms. The zero-order valence-corrected chi connectivity index (χ0v) is 5.55. The summed E-state index contributed by atoms with van der Waals surface area (Å²) in [7, 11) is 0. The molecule has 0 bridgehead atoms. The van der Waals surface area contributed by atoms with Crippen molar-refractivity contribution in [1.82, 2.24) is 5.90 Å². The first-order chi connectivity index (χ1) is 3.85. The normalized spacial score (nSPS) is 10.5. The van der Waals surface area contributed by atoms with Crippen LogP contribution in [0.25, 0.3) is 0 Å². The molecule has 0 saturated heterocycles. The lowest BCUT2D eigenvalue weighted by atomic mass is 10.1. The first-order valence-electron chi connectivity index (χ1n) is 3.11. The fourth-order valence-electron chi connectivity index (χ4n) is 0.630. The lowest BCUT2D eigenvalue weighted by Gasteiger charge is -2.06. The molecule has 2 nitrogen and oxygen atoms in total. The molecule has 0 aromatic rings. The van der Waals surface area contributed by atoms with Crippen molar-refractivity contribution in [2.75, 3.05) is 6.61 Å². The van der Waals surface area contributed by atoms with Crippen LogP contribution in [0, 0.1) is 5.92 Å². The molecule has 0 amide bonds. The van der Waals surface area contributed by atoms with Crippen molar-refractivity contribution in [3.63, 3.8) is 0 Å². The first-order valence-corrected chi connectivity index (χ1v) is 3.11. The Bertz CT molecular complexity index is 43.8. The van der Waals surface area contributed by atoms with Crippen LogP contribution < -0.4 is 5.90 Å². The highest BCUT2D eigenvalue weighted by atomic mass is 16.6. The molecule has 0 aromatic carbocycles. The highest BCUT2D eigenvalue weighted by Gasteiger charge is 2.00. The van der Waals surface area contributed by atoms with Crippen LogP contribution in [0.4, 0.5) is 0 Å². The maximum atomic E-state index is 8.00. The van der Waals surface area contributed by atoms with Gasteiger partial charge in [0, 0.05) is 5.90 Å². The summed E-state index contributed by atoms with van der Waals surface area (Å²) in [5.74, 6) is 8.53. The van der Waals surface area contributed by atoms with Gasteiger partial charge in [-0.15, -0.1) is 0 Å². The van der Waals surface area contributed by atoms with Crippen molar-refractivity contribution >= 4 is 0 Å². The molecule has 0 spiro atoms. The monoisotopic (exact) mass is 115 g/mol. The number of nitrogens with zero attached hydrogens (tertiary/aromatic N) is 1. The molecule has 0 saturated carbocycles. The Labute approximate surface area is 51.0 Å². The van der Waals surface area contributed by atoms with Crippen molar-refractivity contribution < 1.29 is 4.84 Å². The van der Waals surface area contributed by atoms with Gasteiger partial charge in [-0.3, -0.25) is 4.84 Å². The Balaban J connectivity index is 3.07. The number of rotatable bonds is 4. The van der Waals surface area contributed by atoms with E-state index in [9.17, 15) is 0 Å². The Morgan fingerprint density at radius 1 is 1.38 bits per heavy atom. The van der Waals surface area contributed by atoms with Crippen LogP contribution in [-0.4, -0.2) is 6.61 Å². The summed E-state index contributed by atoms with van der Waals surface area (Å²) in [5, 5.41) is 0. The van der Waals surface area contributed by atoms with Crippen LogP contribution >= 0.6 is 0 Å². The fraction of sp³-hybridized carbons (Fsp3) is 1.00. The van der Waals surface area contributed by atoms with Gasteiger partial charge in [0.15, 0.2) is 0 Å². The summed E-state index contributed by atoms with van der Waals surface area (Å²) < 4.78 is 0. The largest absolute Gasteiger partial charge is 0.263 e. The van der Waals surface area contributed by atoms with Crippen LogP contribution in [0.2, 0.25) is 0 Å². The van der Waals surface area contributed by atoms with Crippen LogP contribution in [-0.2, 0) is 4.84 Å². The Kier molecular flexibility index (Phi) is 5.01. The summed E-state index contributed by atoms with van der Waals surface area (Å²) in [4.78, 5) is 3.99. The SMILES string of the molecule is CCC(CC)CO[N]. The molecule has 8 heavy (non-hydrogen) atoms. The van der Waals surface area contributed by atoms with Gasteiger partial charge in [0.25, 0.3) is 0 Å². The molecular formula is C6H13NO. The highest BCUT2D eigenvalue weighted by molar-refractivity contribution is 4.49. The molecule has 0 heterocycles. The molecular weight excluding hydrogens is 102 g/mol. The zero-order chi connectivity index (χ0) is 6.41. The van der Waals surface area contributed by atoms with Gasteiger partial charge in [-0.1, -0.05) is 26.7 Å². The second-order valence-electron chi connectivity index (χ2n) is 1.98. The molecule has 0 N–H and O–H groups in total. The van der Waals surface area contributed by atoms with Gasteiger partial charge in [0.1, 0.15) is 0 Å². The van der Waals surface area contributed by atoms with Crippen molar-refractivity contribution in [2.24, 2.45) is 5.92 Å². The van der Waals surface area contributed by atoms with E-state index < -0.39 is 0 Å². The summed E-state index contributed by atoms with van der Waals surface area (Å²) in [6.07, 6.45) is 2.16. The molecule has 0 aromatic heterocycles. The molecule has 48 valence electrons. The third-order valence-corrected chi connectivity index (χ3v) is 1.46. The van der Waals surface area contributed by atoms with E-state index in [0.29, 0.717) is 12.5 Å². The summed E-state index contributed by atoms with van der Waals surface area (Å²) in [5.41, 5.74) is 0. The fourth-order valence-corrected chi connectivity index (χ4v) is 0.630. The van der Waals surface area contributed by atoms with Crippen molar-refractivity contribution in [1.29, 1.82) is 0 Å².